The van der Waals surface area contributed by atoms with E-state index >= 15 is 0 Å². The maximum Gasteiger partial charge on any atom is 0.430 e. The Morgan fingerprint density at radius 1 is 0.955 bits per heavy atom. The number of rotatable bonds is 11. The van der Waals surface area contributed by atoms with Gasteiger partial charge in [-0.3, -0.25) is 4.79 Å². The van der Waals surface area contributed by atoms with E-state index < -0.39 is 35.2 Å². The summed E-state index contributed by atoms with van der Waals surface area (Å²) in [7, 11) is 0. The number of alkyl carbamates (subject to hydrolysis) is 1. The van der Waals surface area contributed by atoms with Crippen LogP contribution < -0.4 is 16.4 Å². The highest BCUT2D eigenvalue weighted by Gasteiger charge is 2.32. The molecule has 0 aliphatic heterocycles. The second kappa shape index (κ2) is 15.2. The summed E-state index contributed by atoms with van der Waals surface area (Å²) >= 11 is 0. The molecule has 234 valence electrons. The first kappa shape index (κ1) is 33.9. The van der Waals surface area contributed by atoms with E-state index in [1.807, 2.05) is 30.3 Å². The summed E-state index contributed by atoms with van der Waals surface area (Å²) in [4.78, 5) is 29.6. The van der Waals surface area contributed by atoms with Crippen molar-refractivity contribution in [3.63, 3.8) is 0 Å². The van der Waals surface area contributed by atoms with Crippen LogP contribution in [0.25, 0.3) is 0 Å². The zero-order valence-corrected chi connectivity index (χ0v) is 25.4. The second-order valence-electron chi connectivity index (χ2n) is 11.3. The van der Waals surface area contributed by atoms with Crippen LogP contribution in [0.2, 0.25) is 0 Å². The molecule has 0 aliphatic carbocycles. The van der Waals surface area contributed by atoms with Crippen LogP contribution >= 0.6 is 0 Å². The summed E-state index contributed by atoms with van der Waals surface area (Å²) in [5.41, 5.74) is 5.91. The molecule has 7 nitrogen and oxygen atoms in total. The second-order valence-corrected chi connectivity index (χ2v) is 11.3. The van der Waals surface area contributed by atoms with Gasteiger partial charge in [0, 0.05) is 18.2 Å². The van der Waals surface area contributed by atoms with E-state index in [0.717, 1.165) is 30.4 Å². The van der Waals surface area contributed by atoms with Gasteiger partial charge in [0.25, 0.3) is 5.91 Å². The van der Waals surface area contributed by atoms with Gasteiger partial charge in [0.15, 0.2) is 0 Å². The highest BCUT2D eigenvalue weighted by Crippen LogP contribution is 2.31. The summed E-state index contributed by atoms with van der Waals surface area (Å²) in [6.45, 7) is 7.40. The summed E-state index contributed by atoms with van der Waals surface area (Å²) in [6, 6.07) is 23.6. The average Bonchev–Trinajstić information content (AvgIpc) is 2.95. The number of halogens is 3. The molecule has 10 heteroatoms. The van der Waals surface area contributed by atoms with Crippen molar-refractivity contribution >= 4 is 29.1 Å². The highest BCUT2D eigenvalue weighted by molar-refractivity contribution is 6.47. The van der Waals surface area contributed by atoms with E-state index in [9.17, 15) is 22.8 Å². The van der Waals surface area contributed by atoms with E-state index in [0.29, 0.717) is 17.3 Å². The number of nitrogens with two attached hydrogens (primary N) is 1. The van der Waals surface area contributed by atoms with Gasteiger partial charge in [0.1, 0.15) is 17.0 Å². The number of amides is 2. The molecule has 0 fully saturated rings. The number of carbonyl (C=O) groups excluding carboxylic acids is 2. The highest BCUT2D eigenvalue weighted by atomic mass is 19.4. The summed E-state index contributed by atoms with van der Waals surface area (Å²) in [5.74, 6) is -0.782. The van der Waals surface area contributed by atoms with Crippen molar-refractivity contribution in [3.8, 4) is 0 Å². The molecule has 0 aromatic heterocycles. The number of nitrogens with one attached hydrogen (secondary N) is 2. The standard InChI is InChI=1S/C34H39F3N4O3/c1-5-6-18-28(24-13-8-7-9-14-24)25-15-11-17-27(20-25)41-31(42)29(21-30(38)34(35,36)37)40-26-16-10-12-23(19-26)22-39-32(43)44-33(2,3)4/h7-17,19-21,28H,5-6,18,22,38H2,1-4H3,(H,39,43)(H,41,42). The number of ether oxygens (including phenoxy) is 1. The summed E-state index contributed by atoms with van der Waals surface area (Å²) < 4.78 is 45.3. The smallest absolute Gasteiger partial charge is 0.430 e. The zero-order chi connectivity index (χ0) is 32.3. The maximum absolute atomic E-state index is 13.4. The predicted molar refractivity (Wildman–Crippen MR) is 168 cm³/mol. The van der Waals surface area contributed by atoms with Crippen LogP contribution in [0.4, 0.5) is 29.3 Å². The first-order valence-corrected chi connectivity index (χ1v) is 14.4. The van der Waals surface area contributed by atoms with Gasteiger partial charge >= 0.3 is 12.3 Å². The van der Waals surface area contributed by atoms with E-state index in [1.54, 1.807) is 51.1 Å². The van der Waals surface area contributed by atoms with E-state index in [-0.39, 0.29) is 18.2 Å². The minimum Gasteiger partial charge on any atom is -0.444 e. The van der Waals surface area contributed by atoms with Crippen LogP contribution in [0, 0.1) is 0 Å². The van der Waals surface area contributed by atoms with Crippen LogP contribution in [0.3, 0.4) is 0 Å². The average molecular weight is 609 g/mol. The Kier molecular flexibility index (Phi) is 11.7. The van der Waals surface area contributed by atoms with Crippen LogP contribution in [0.1, 0.15) is 69.6 Å². The Hall–Kier alpha value is -4.60. The molecule has 0 spiro atoms. The molecule has 0 heterocycles. The van der Waals surface area contributed by atoms with Crippen molar-refractivity contribution in [2.45, 2.75) is 71.2 Å². The number of anilines is 1. The van der Waals surface area contributed by atoms with Gasteiger partial charge in [-0.25, -0.2) is 9.79 Å². The number of hydrogen-bond acceptors (Lipinski definition) is 5. The van der Waals surface area contributed by atoms with Gasteiger partial charge in [-0.15, -0.1) is 0 Å². The number of alkyl halides is 3. The molecular formula is C34H39F3N4O3. The first-order chi connectivity index (χ1) is 20.7. The van der Waals surface area contributed by atoms with Crippen molar-refractivity contribution in [2.24, 2.45) is 10.7 Å². The number of nitrogens with zero attached hydrogens (tertiary/aromatic N) is 1. The number of unbranched alkanes of at least 4 members (excludes halogenated alkanes) is 1. The van der Waals surface area contributed by atoms with Gasteiger partial charge < -0.3 is 21.1 Å². The van der Waals surface area contributed by atoms with Crippen molar-refractivity contribution in [1.29, 1.82) is 0 Å². The third-order valence-electron chi connectivity index (χ3n) is 6.44. The fourth-order valence-corrected chi connectivity index (χ4v) is 4.39. The van der Waals surface area contributed by atoms with Gasteiger partial charge in [-0.05, 0) is 74.2 Å². The molecule has 0 radical (unpaired) electrons. The molecule has 0 aliphatic rings. The largest absolute Gasteiger partial charge is 0.444 e. The Morgan fingerprint density at radius 3 is 2.30 bits per heavy atom. The molecule has 0 saturated carbocycles. The number of allylic oxidation sites excluding steroid dienone is 1. The lowest BCUT2D eigenvalue weighted by molar-refractivity contribution is -0.110. The Bertz CT molecular complexity index is 1480. The quantitative estimate of drug-likeness (QED) is 0.191. The Morgan fingerprint density at radius 2 is 1.64 bits per heavy atom. The SMILES string of the molecule is CCCCC(c1ccccc1)c1cccc(NC(=O)C(C=C(N)C(F)(F)F)=Nc2cccc(CNC(=O)OC(C)(C)C)c2)c1. The molecule has 3 aromatic carbocycles. The minimum absolute atomic E-state index is 0.0771. The van der Waals surface area contributed by atoms with Crippen LogP contribution in [0.15, 0.2) is 95.6 Å². The Labute approximate surface area is 256 Å². The lowest BCUT2D eigenvalue weighted by Gasteiger charge is -2.19. The monoisotopic (exact) mass is 608 g/mol. The first-order valence-electron chi connectivity index (χ1n) is 14.4. The van der Waals surface area contributed by atoms with Crippen molar-refractivity contribution in [1.82, 2.24) is 5.32 Å². The van der Waals surface area contributed by atoms with Gasteiger partial charge in [-0.1, -0.05) is 74.4 Å². The van der Waals surface area contributed by atoms with E-state index in [2.05, 4.69) is 34.7 Å². The molecular weight excluding hydrogens is 569 g/mol. The minimum atomic E-state index is -4.86. The van der Waals surface area contributed by atoms with Gasteiger partial charge in [-0.2, -0.15) is 13.2 Å². The van der Waals surface area contributed by atoms with Crippen LogP contribution in [0.5, 0.6) is 0 Å². The molecule has 1 atom stereocenters. The van der Waals surface area contributed by atoms with Crippen LogP contribution in [-0.2, 0) is 16.1 Å². The lowest BCUT2D eigenvalue weighted by atomic mass is 9.87. The molecule has 3 aromatic rings. The molecule has 4 N–H and O–H groups in total. The van der Waals surface area contributed by atoms with Crippen molar-refractivity contribution in [2.75, 3.05) is 5.32 Å². The maximum atomic E-state index is 13.4. The fourth-order valence-electron chi connectivity index (χ4n) is 4.39. The summed E-state index contributed by atoms with van der Waals surface area (Å²) in [5, 5.41) is 5.30. The topological polar surface area (TPSA) is 106 Å². The van der Waals surface area contributed by atoms with Gasteiger partial charge in [0.2, 0.25) is 0 Å². The molecule has 0 bridgehead atoms. The van der Waals surface area contributed by atoms with E-state index in [1.165, 1.54) is 6.07 Å². The fraction of sp³-hybridized carbons (Fsp3) is 0.324. The molecule has 2 amide bonds. The third kappa shape index (κ3) is 10.9. The van der Waals surface area contributed by atoms with Crippen LogP contribution in [-0.4, -0.2) is 29.5 Å². The number of benzene rings is 3. The molecule has 44 heavy (non-hydrogen) atoms. The van der Waals surface area contributed by atoms with Gasteiger partial charge in [0.05, 0.1) is 5.69 Å². The number of aliphatic imine (C=N–C) groups is 1. The normalized spacial score (nSPS) is 13.2. The van der Waals surface area contributed by atoms with Crippen molar-refractivity contribution < 1.29 is 27.5 Å². The predicted octanol–water partition coefficient (Wildman–Crippen LogP) is 8.15. The lowest BCUT2D eigenvalue weighted by Crippen LogP contribution is -2.32. The molecule has 1 unspecified atom stereocenters. The molecule has 3 rings (SSSR count). The zero-order valence-electron chi connectivity index (χ0n) is 25.4. The van der Waals surface area contributed by atoms with Crippen molar-refractivity contribution in [3.05, 3.63) is 107 Å². The Balaban J connectivity index is 1.89. The number of hydrogen-bond donors (Lipinski definition) is 3. The summed E-state index contributed by atoms with van der Waals surface area (Å²) in [6.07, 6.45) is -2.06. The third-order valence-corrected chi connectivity index (χ3v) is 6.44. The number of carbonyl (C=O) groups is 2. The van der Waals surface area contributed by atoms with E-state index in [4.69, 9.17) is 10.5 Å². The molecule has 0 saturated heterocycles.